The number of nitrogens with zero attached hydrogens (tertiary/aromatic N) is 2. The third-order valence-corrected chi connectivity index (χ3v) is 4.24. The van der Waals surface area contributed by atoms with Gasteiger partial charge in [-0.05, 0) is 19.1 Å². The van der Waals surface area contributed by atoms with Crippen molar-refractivity contribution in [2.45, 2.75) is 26.4 Å². The lowest BCUT2D eigenvalue weighted by Gasteiger charge is -2.28. The van der Waals surface area contributed by atoms with Crippen molar-refractivity contribution in [1.82, 2.24) is 9.97 Å². The molecule has 1 aromatic heterocycles. The Labute approximate surface area is 160 Å². The van der Waals surface area contributed by atoms with Gasteiger partial charge in [0.15, 0.2) is 5.69 Å². The molecule has 4 rings (SSSR count). The highest BCUT2D eigenvalue weighted by molar-refractivity contribution is 5.86. The van der Waals surface area contributed by atoms with Crippen molar-refractivity contribution >= 4 is 5.97 Å². The molecular formula is C21H17FN2O4. The van der Waals surface area contributed by atoms with E-state index in [1.54, 1.807) is 6.92 Å². The molecule has 0 fully saturated rings. The van der Waals surface area contributed by atoms with E-state index >= 15 is 0 Å². The van der Waals surface area contributed by atoms with Crippen molar-refractivity contribution in [2.75, 3.05) is 0 Å². The SMILES string of the molecule is Cc1cnc(C(=O)OCc2cc(F)cc3c2OC(c2ccccc2)OC3)cn1. The number of fused-ring (bicyclic) bond motifs is 1. The normalized spacial score (nSPS) is 15.4. The van der Waals surface area contributed by atoms with Gasteiger partial charge in [-0.3, -0.25) is 4.98 Å². The number of hydrogen-bond donors (Lipinski definition) is 0. The third kappa shape index (κ3) is 3.84. The van der Waals surface area contributed by atoms with Gasteiger partial charge in [-0.2, -0.15) is 0 Å². The second-order valence-electron chi connectivity index (χ2n) is 6.34. The number of carbonyl (C=O) groups is 1. The van der Waals surface area contributed by atoms with Gasteiger partial charge in [-0.1, -0.05) is 30.3 Å². The summed E-state index contributed by atoms with van der Waals surface area (Å²) in [6.07, 6.45) is 2.21. The lowest BCUT2D eigenvalue weighted by atomic mass is 10.1. The average Bonchev–Trinajstić information content (AvgIpc) is 2.72. The maximum absolute atomic E-state index is 14.0. The van der Waals surface area contributed by atoms with Gasteiger partial charge in [-0.25, -0.2) is 14.2 Å². The molecule has 0 amide bonds. The predicted octanol–water partition coefficient (Wildman–Crippen LogP) is 3.89. The van der Waals surface area contributed by atoms with Crippen molar-refractivity contribution < 1.29 is 23.4 Å². The smallest absolute Gasteiger partial charge is 0.358 e. The molecule has 0 spiro atoms. The van der Waals surface area contributed by atoms with Crippen LogP contribution in [0.3, 0.4) is 0 Å². The Balaban J connectivity index is 1.54. The Morgan fingerprint density at radius 1 is 1.21 bits per heavy atom. The van der Waals surface area contributed by atoms with Crippen molar-refractivity contribution in [3.63, 3.8) is 0 Å². The molecule has 2 aromatic carbocycles. The molecule has 0 saturated carbocycles. The summed E-state index contributed by atoms with van der Waals surface area (Å²) < 4.78 is 30.9. The number of rotatable bonds is 4. The van der Waals surface area contributed by atoms with Gasteiger partial charge in [0, 0.05) is 22.9 Å². The van der Waals surface area contributed by atoms with Gasteiger partial charge in [0.2, 0.25) is 6.29 Å². The molecule has 0 aliphatic carbocycles. The van der Waals surface area contributed by atoms with E-state index in [0.717, 1.165) is 5.56 Å². The van der Waals surface area contributed by atoms with E-state index in [-0.39, 0.29) is 18.9 Å². The zero-order valence-corrected chi connectivity index (χ0v) is 15.1. The maximum atomic E-state index is 14.0. The van der Waals surface area contributed by atoms with E-state index in [1.165, 1.54) is 24.5 Å². The predicted molar refractivity (Wildman–Crippen MR) is 96.9 cm³/mol. The van der Waals surface area contributed by atoms with Gasteiger partial charge < -0.3 is 14.2 Å². The quantitative estimate of drug-likeness (QED) is 0.640. The molecule has 1 aliphatic heterocycles. The van der Waals surface area contributed by atoms with Crippen LogP contribution in [-0.2, 0) is 22.7 Å². The van der Waals surface area contributed by atoms with E-state index in [0.29, 0.717) is 22.6 Å². The molecule has 2 heterocycles. The Morgan fingerprint density at radius 3 is 2.79 bits per heavy atom. The van der Waals surface area contributed by atoms with Gasteiger partial charge >= 0.3 is 5.97 Å². The number of carbonyl (C=O) groups excluding carboxylic acids is 1. The summed E-state index contributed by atoms with van der Waals surface area (Å²) in [5.74, 6) is -0.633. The Morgan fingerprint density at radius 2 is 2.04 bits per heavy atom. The highest BCUT2D eigenvalue weighted by atomic mass is 19.1. The summed E-state index contributed by atoms with van der Waals surface area (Å²) in [6, 6.07) is 12.1. The van der Waals surface area contributed by atoms with E-state index in [4.69, 9.17) is 14.2 Å². The van der Waals surface area contributed by atoms with E-state index < -0.39 is 18.1 Å². The summed E-state index contributed by atoms with van der Waals surface area (Å²) >= 11 is 0. The second-order valence-corrected chi connectivity index (χ2v) is 6.34. The first kappa shape index (κ1) is 18.1. The van der Waals surface area contributed by atoms with Crippen molar-refractivity contribution in [3.05, 3.63) is 88.8 Å². The van der Waals surface area contributed by atoms with Gasteiger partial charge in [0.05, 0.1) is 18.5 Å². The lowest BCUT2D eigenvalue weighted by Crippen LogP contribution is -2.20. The molecule has 0 bridgehead atoms. The molecule has 1 aliphatic rings. The summed E-state index contributed by atoms with van der Waals surface area (Å²) in [5.41, 5.74) is 2.61. The fraction of sp³-hybridized carbons (Fsp3) is 0.190. The first-order chi connectivity index (χ1) is 13.6. The molecule has 142 valence electrons. The first-order valence-electron chi connectivity index (χ1n) is 8.70. The monoisotopic (exact) mass is 380 g/mol. The third-order valence-electron chi connectivity index (χ3n) is 4.24. The van der Waals surface area contributed by atoms with Crippen molar-refractivity contribution in [1.29, 1.82) is 0 Å². The number of esters is 1. The highest BCUT2D eigenvalue weighted by Crippen LogP contribution is 2.36. The molecule has 0 radical (unpaired) electrons. The van der Waals surface area contributed by atoms with Crippen LogP contribution in [-0.4, -0.2) is 15.9 Å². The maximum Gasteiger partial charge on any atom is 0.358 e. The van der Waals surface area contributed by atoms with Gasteiger partial charge in [0.1, 0.15) is 18.2 Å². The number of ether oxygens (including phenoxy) is 3. The summed E-state index contributed by atoms with van der Waals surface area (Å²) in [5, 5.41) is 0. The molecular weight excluding hydrogens is 363 g/mol. The van der Waals surface area contributed by atoms with Gasteiger partial charge in [-0.15, -0.1) is 0 Å². The van der Waals surface area contributed by atoms with Crippen LogP contribution in [0.5, 0.6) is 5.75 Å². The second kappa shape index (κ2) is 7.74. The Bertz CT molecular complexity index is 993. The van der Waals surface area contributed by atoms with Crippen LogP contribution in [0.4, 0.5) is 4.39 Å². The minimum Gasteiger partial charge on any atom is -0.460 e. The van der Waals surface area contributed by atoms with Gasteiger partial charge in [0.25, 0.3) is 0 Å². The summed E-state index contributed by atoms with van der Waals surface area (Å²) in [4.78, 5) is 20.2. The van der Waals surface area contributed by atoms with Crippen LogP contribution in [0.2, 0.25) is 0 Å². The first-order valence-corrected chi connectivity index (χ1v) is 8.70. The molecule has 0 saturated heterocycles. The molecule has 1 atom stereocenters. The van der Waals surface area contributed by atoms with E-state index in [2.05, 4.69) is 9.97 Å². The molecule has 1 unspecified atom stereocenters. The molecule has 28 heavy (non-hydrogen) atoms. The Hall–Kier alpha value is -3.32. The largest absolute Gasteiger partial charge is 0.460 e. The van der Waals surface area contributed by atoms with E-state index in [9.17, 15) is 9.18 Å². The zero-order chi connectivity index (χ0) is 19.5. The average molecular weight is 380 g/mol. The van der Waals surface area contributed by atoms with Crippen LogP contribution >= 0.6 is 0 Å². The zero-order valence-electron chi connectivity index (χ0n) is 15.1. The Kier molecular flexibility index (Phi) is 4.99. The number of halogens is 1. The molecule has 7 heteroatoms. The standard InChI is InChI=1S/C21H17FN2O4/c1-13-9-24-18(10-23-13)20(25)26-11-15-7-17(22)8-16-12-27-21(28-19(15)16)14-5-3-2-4-6-14/h2-10,21H,11-12H2,1H3. The van der Waals surface area contributed by atoms with Crippen LogP contribution < -0.4 is 4.74 Å². The number of aryl methyl sites for hydroxylation is 1. The summed E-state index contributed by atoms with van der Waals surface area (Å²) in [6.45, 7) is 1.80. The van der Waals surface area contributed by atoms with E-state index in [1.807, 2.05) is 30.3 Å². The van der Waals surface area contributed by atoms with Crippen LogP contribution in [0, 0.1) is 12.7 Å². The number of hydrogen-bond acceptors (Lipinski definition) is 6. The summed E-state index contributed by atoms with van der Waals surface area (Å²) in [7, 11) is 0. The topological polar surface area (TPSA) is 70.5 Å². The molecule has 6 nitrogen and oxygen atoms in total. The fourth-order valence-corrected chi connectivity index (χ4v) is 2.87. The van der Waals surface area contributed by atoms with Crippen molar-refractivity contribution in [2.24, 2.45) is 0 Å². The lowest BCUT2D eigenvalue weighted by molar-refractivity contribution is -0.112. The fourth-order valence-electron chi connectivity index (χ4n) is 2.87. The van der Waals surface area contributed by atoms with Crippen molar-refractivity contribution in [3.8, 4) is 5.75 Å². The van der Waals surface area contributed by atoms with Crippen LogP contribution in [0.1, 0.15) is 39.2 Å². The minimum atomic E-state index is -0.641. The van der Waals surface area contributed by atoms with Crippen LogP contribution in [0.15, 0.2) is 54.9 Å². The number of aromatic nitrogens is 2. The number of benzene rings is 2. The molecule has 3 aromatic rings. The highest BCUT2D eigenvalue weighted by Gasteiger charge is 2.25. The molecule has 0 N–H and O–H groups in total. The van der Waals surface area contributed by atoms with Crippen LogP contribution in [0.25, 0.3) is 0 Å². The minimum absolute atomic E-state index is 0.0854.